The maximum atomic E-state index is 11.9. The van der Waals surface area contributed by atoms with Gasteiger partial charge in [-0.3, -0.25) is 4.79 Å². The lowest BCUT2D eigenvalue weighted by Gasteiger charge is -2.29. The predicted octanol–water partition coefficient (Wildman–Crippen LogP) is 1.60. The van der Waals surface area contributed by atoms with E-state index in [1.807, 2.05) is 30.3 Å². The topological polar surface area (TPSA) is 88.1 Å². The maximum absolute atomic E-state index is 11.9. The summed E-state index contributed by atoms with van der Waals surface area (Å²) < 4.78 is 5.20. The van der Waals surface area contributed by atoms with Gasteiger partial charge >= 0.3 is 12.1 Å². The molecule has 0 bridgehead atoms. The van der Waals surface area contributed by atoms with Gasteiger partial charge in [-0.25, -0.2) is 4.79 Å². The van der Waals surface area contributed by atoms with Gasteiger partial charge in [0.15, 0.2) is 0 Å². The van der Waals surface area contributed by atoms with Gasteiger partial charge in [-0.15, -0.1) is 5.06 Å². The van der Waals surface area contributed by atoms with E-state index in [1.54, 1.807) is 20.8 Å². The van der Waals surface area contributed by atoms with Crippen molar-refractivity contribution in [1.82, 2.24) is 10.4 Å². The molecule has 0 spiro atoms. The van der Waals surface area contributed by atoms with E-state index in [1.165, 1.54) is 5.06 Å². The average Bonchev–Trinajstić information content (AvgIpc) is 2.84. The standard InChI is InChI=1S/C17H24N2O5/c1-17(2,3)23-16(22)18-13(11-20)14-9-15(21)24-19(14)10-12-7-5-4-6-8-12/h4-8,13-14,20H,9-11H2,1-3H3,(H,18,22)/t13-,14-/m0/s1. The highest BCUT2D eigenvalue weighted by molar-refractivity contribution is 5.72. The molecule has 0 aliphatic carbocycles. The van der Waals surface area contributed by atoms with Crippen LogP contribution in [0.5, 0.6) is 0 Å². The van der Waals surface area contributed by atoms with E-state index >= 15 is 0 Å². The quantitative estimate of drug-likeness (QED) is 0.849. The van der Waals surface area contributed by atoms with Crippen LogP contribution in [0.25, 0.3) is 0 Å². The van der Waals surface area contributed by atoms with E-state index in [0.29, 0.717) is 6.54 Å². The summed E-state index contributed by atoms with van der Waals surface area (Å²) in [5.74, 6) is -0.389. The first-order valence-electron chi connectivity index (χ1n) is 7.90. The van der Waals surface area contributed by atoms with Crippen LogP contribution in [0.2, 0.25) is 0 Å². The molecule has 24 heavy (non-hydrogen) atoms. The molecule has 0 saturated carbocycles. The second-order valence-electron chi connectivity index (χ2n) is 6.73. The number of hydrogen-bond acceptors (Lipinski definition) is 6. The molecule has 2 rings (SSSR count). The molecule has 1 saturated heterocycles. The Balaban J connectivity index is 2.04. The minimum absolute atomic E-state index is 0.0911. The van der Waals surface area contributed by atoms with Crippen molar-refractivity contribution in [2.24, 2.45) is 0 Å². The number of aliphatic hydroxyl groups excluding tert-OH is 1. The van der Waals surface area contributed by atoms with Crippen LogP contribution >= 0.6 is 0 Å². The number of carbonyl (C=O) groups is 2. The molecule has 0 aromatic heterocycles. The number of hydrogen-bond donors (Lipinski definition) is 2. The minimum Gasteiger partial charge on any atom is -0.444 e. The smallest absolute Gasteiger partial charge is 0.408 e. The Bertz CT molecular complexity index is 570. The van der Waals surface area contributed by atoms with Gasteiger partial charge in [0.1, 0.15) is 5.60 Å². The Morgan fingerprint density at radius 3 is 2.67 bits per heavy atom. The van der Waals surface area contributed by atoms with Crippen LogP contribution in [-0.2, 0) is 20.9 Å². The van der Waals surface area contributed by atoms with Crippen molar-refractivity contribution in [3.8, 4) is 0 Å². The van der Waals surface area contributed by atoms with Gasteiger partial charge in [-0.2, -0.15) is 0 Å². The molecule has 132 valence electrons. The average molecular weight is 336 g/mol. The molecular weight excluding hydrogens is 312 g/mol. The fourth-order valence-electron chi connectivity index (χ4n) is 2.49. The van der Waals surface area contributed by atoms with Crippen molar-refractivity contribution in [3.63, 3.8) is 0 Å². The summed E-state index contributed by atoms with van der Waals surface area (Å²) in [5, 5.41) is 13.8. The summed E-state index contributed by atoms with van der Waals surface area (Å²) in [6.07, 6.45) is -0.547. The summed E-state index contributed by atoms with van der Waals surface area (Å²) in [7, 11) is 0. The number of ether oxygens (including phenoxy) is 1. The number of carbonyl (C=O) groups excluding carboxylic acids is 2. The lowest BCUT2D eigenvalue weighted by Crippen LogP contribution is -2.51. The van der Waals surface area contributed by atoms with Crippen molar-refractivity contribution in [1.29, 1.82) is 0 Å². The molecule has 2 N–H and O–H groups in total. The summed E-state index contributed by atoms with van der Waals surface area (Å²) in [6.45, 7) is 5.31. The maximum Gasteiger partial charge on any atom is 0.408 e. The van der Waals surface area contributed by atoms with Crippen LogP contribution in [0.15, 0.2) is 30.3 Å². The van der Waals surface area contributed by atoms with Gasteiger partial charge in [0.05, 0.1) is 31.7 Å². The first-order chi connectivity index (χ1) is 11.3. The third kappa shape index (κ3) is 5.21. The summed E-state index contributed by atoms with van der Waals surface area (Å²) in [6, 6.07) is 8.38. The zero-order chi connectivity index (χ0) is 17.7. The van der Waals surface area contributed by atoms with Crippen LogP contribution in [-0.4, -0.2) is 46.5 Å². The first-order valence-corrected chi connectivity index (χ1v) is 7.90. The normalized spacial score (nSPS) is 19.7. The van der Waals surface area contributed by atoms with E-state index < -0.39 is 23.8 Å². The first kappa shape index (κ1) is 18.2. The molecule has 7 heteroatoms. The summed E-state index contributed by atoms with van der Waals surface area (Å²) in [5.41, 5.74) is 0.321. The fourth-order valence-corrected chi connectivity index (χ4v) is 2.49. The van der Waals surface area contributed by atoms with Crippen molar-refractivity contribution in [2.45, 2.75) is 51.4 Å². The van der Waals surface area contributed by atoms with Gasteiger partial charge < -0.3 is 20.0 Å². The number of aliphatic hydroxyl groups is 1. The lowest BCUT2D eigenvalue weighted by atomic mass is 10.1. The molecule has 1 aromatic rings. The minimum atomic E-state index is -0.671. The molecule has 1 aliphatic heterocycles. The Morgan fingerprint density at radius 2 is 2.08 bits per heavy atom. The van der Waals surface area contributed by atoms with E-state index in [-0.39, 0.29) is 19.0 Å². The van der Waals surface area contributed by atoms with E-state index in [4.69, 9.17) is 9.57 Å². The third-order valence-electron chi connectivity index (χ3n) is 3.51. The number of nitrogens with one attached hydrogen (secondary N) is 1. The van der Waals surface area contributed by atoms with Gasteiger partial charge in [0.2, 0.25) is 0 Å². The number of rotatable bonds is 5. The monoisotopic (exact) mass is 336 g/mol. The second-order valence-corrected chi connectivity index (χ2v) is 6.73. The molecule has 1 amide bonds. The summed E-state index contributed by atoms with van der Waals surface area (Å²) in [4.78, 5) is 28.9. The molecule has 1 aliphatic rings. The highest BCUT2D eigenvalue weighted by atomic mass is 16.7. The SMILES string of the molecule is CC(C)(C)OC(=O)N[C@@H](CO)[C@@H]1CC(=O)ON1Cc1ccccc1. The molecule has 1 heterocycles. The Kier molecular flexibility index (Phi) is 5.80. The lowest BCUT2D eigenvalue weighted by molar-refractivity contribution is -0.180. The molecule has 2 atom stereocenters. The van der Waals surface area contributed by atoms with Crippen molar-refractivity contribution < 1.29 is 24.3 Å². The number of benzene rings is 1. The molecule has 0 unspecified atom stereocenters. The molecule has 1 fully saturated rings. The Morgan fingerprint density at radius 1 is 1.42 bits per heavy atom. The Labute approximate surface area is 141 Å². The zero-order valence-electron chi connectivity index (χ0n) is 14.2. The number of nitrogens with zero attached hydrogens (tertiary/aromatic N) is 1. The van der Waals surface area contributed by atoms with E-state index in [0.717, 1.165) is 5.56 Å². The summed E-state index contributed by atoms with van der Waals surface area (Å²) >= 11 is 0. The number of amides is 1. The molecular formula is C17H24N2O5. The fraction of sp³-hybridized carbons (Fsp3) is 0.529. The van der Waals surface area contributed by atoms with Crippen LogP contribution < -0.4 is 5.32 Å². The van der Waals surface area contributed by atoms with Crippen molar-refractivity contribution >= 4 is 12.1 Å². The van der Waals surface area contributed by atoms with Crippen LogP contribution in [0.3, 0.4) is 0 Å². The number of hydroxylamine groups is 2. The van der Waals surface area contributed by atoms with Gasteiger partial charge in [-0.1, -0.05) is 30.3 Å². The highest BCUT2D eigenvalue weighted by Crippen LogP contribution is 2.22. The third-order valence-corrected chi connectivity index (χ3v) is 3.51. The van der Waals surface area contributed by atoms with Crippen LogP contribution in [0.1, 0.15) is 32.8 Å². The van der Waals surface area contributed by atoms with Crippen LogP contribution in [0.4, 0.5) is 4.79 Å². The Hall–Kier alpha value is -2.12. The highest BCUT2D eigenvalue weighted by Gasteiger charge is 2.39. The zero-order valence-corrected chi connectivity index (χ0v) is 14.2. The second kappa shape index (κ2) is 7.63. The van der Waals surface area contributed by atoms with Gasteiger partial charge in [0, 0.05) is 0 Å². The molecule has 7 nitrogen and oxygen atoms in total. The molecule has 1 aromatic carbocycles. The largest absolute Gasteiger partial charge is 0.444 e. The van der Waals surface area contributed by atoms with Crippen LogP contribution in [0, 0.1) is 0 Å². The van der Waals surface area contributed by atoms with E-state index in [2.05, 4.69) is 5.32 Å². The van der Waals surface area contributed by atoms with Crippen molar-refractivity contribution in [3.05, 3.63) is 35.9 Å². The van der Waals surface area contributed by atoms with Gasteiger partial charge in [-0.05, 0) is 26.3 Å². The van der Waals surface area contributed by atoms with Gasteiger partial charge in [0.25, 0.3) is 0 Å². The molecule has 0 radical (unpaired) electrons. The van der Waals surface area contributed by atoms with E-state index in [9.17, 15) is 14.7 Å². The van der Waals surface area contributed by atoms with Crippen molar-refractivity contribution in [2.75, 3.05) is 6.61 Å². The predicted molar refractivity (Wildman–Crippen MR) is 86.7 cm³/mol. The number of alkyl carbamates (subject to hydrolysis) is 1.